The van der Waals surface area contributed by atoms with Gasteiger partial charge in [0.05, 0.1) is 0 Å². The number of amides is 1. The van der Waals surface area contributed by atoms with E-state index in [0.29, 0.717) is 18.1 Å². The molecule has 1 amide bonds. The number of esters is 1. The topological polar surface area (TPSA) is 122 Å². The lowest BCUT2D eigenvalue weighted by molar-refractivity contribution is -0.159. The number of rotatable bonds is 8. The predicted octanol–water partition coefficient (Wildman–Crippen LogP) is 2.34. The first-order chi connectivity index (χ1) is 13.7. The van der Waals surface area contributed by atoms with E-state index in [-0.39, 0.29) is 25.4 Å². The highest BCUT2D eigenvalue weighted by atomic mass is 16.6. The van der Waals surface area contributed by atoms with Crippen molar-refractivity contribution >= 4 is 18.1 Å². The highest BCUT2D eigenvalue weighted by Crippen LogP contribution is 2.16. The van der Waals surface area contributed by atoms with Gasteiger partial charge < -0.3 is 15.0 Å². The van der Waals surface area contributed by atoms with Gasteiger partial charge in [-0.3, -0.25) is 9.59 Å². The number of aromatic nitrogens is 4. The van der Waals surface area contributed by atoms with Gasteiger partial charge in [0.15, 0.2) is 5.82 Å². The van der Waals surface area contributed by atoms with Crippen molar-refractivity contribution in [1.29, 1.82) is 5.41 Å². The normalized spacial score (nSPS) is 11.0. The summed E-state index contributed by atoms with van der Waals surface area (Å²) in [4.78, 5) is 26.2. The minimum Gasteiger partial charge on any atom is -0.459 e. The van der Waals surface area contributed by atoms with E-state index < -0.39 is 11.6 Å². The number of ether oxygens (including phenoxy) is 1. The van der Waals surface area contributed by atoms with Crippen molar-refractivity contribution in [1.82, 2.24) is 25.3 Å². The molecule has 0 fully saturated rings. The van der Waals surface area contributed by atoms with Crippen LogP contribution in [-0.4, -0.2) is 55.5 Å². The molecule has 0 bridgehead atoms. The first-order valence-electron chi connectivity index (χ1n) is 9.30. The van der Waals surface area contributed by atoms with Crippen molar-refractivity contribution in [3.8, 4) is 11.4 Å². The van der Waals surface area contributed by atoms with Crippen LogP contribution >= 0.6 is 0 Å². The molecule has 0 aliphatic heterocycles. The van der Waals surface area contributed by atoms with Crippen molar-refractivity contribution in [2.24, 2.45) is 0 Å². The summed E-state index contributed by atoms with van der Waals surface area (Å²) >= 11 is 0. The lowest BCUT2D eigenvalue weighted by Crippen LogP contribution is -2.38. The van der Waals surface area contributed by atoms with Crippen LogP contribution in [0, 0.1) is 12.3 Å². The molecule has 2 rings (SSSR count). The number of aryl methyl sites for hydroxylation is 1. The van der Waals surface area contributed by atoms with Gasteiger partial charge in [-0.15, -0.1) is 20.4 Å². The maximum Gasteiger partial charge on any atom is 0.326 e. The second-order valence-corrected chi connectivity index (χ2v) is 7.55. The molecule has 0 aliphatic rings. The highest BCUT2D eigenvalue weighted by molar-refractivity contribution is 5.83. The van der Waals surface area contributed by atoms with E-state index in [1.165, 1.54) is 11.1 Å². The lowest BCUT2D eigenvalue weighted by Gasteiger charge is -2.25. The first-order valence-corrected chi connectivity index (χ1v) is 9.30. The molecule has 2 aromatic rings. The minimum atomic E-state index is -0.626. The van der Waals surface area contributed by atoms with Gasteiger partial charge in [0, 0.05) is 18.5 Å². The molecular weight excluding hydrogens is 372 g/mol. The largest absolute Gasteiger partial charge is 0.459 e. The van der Waals surface area contributed by atoms with Crippen molar-refractivity contribution in [2.45, 2.75) is 52.7 Å². The van der Waals surface area contributed by atoms with Crippen LogP contribution in [0.25, 0.3) is 11.4 Å². The number of nitrogens with one attached hydrogen (secondary N) is 1. The molecule has 29 heavy (non-hydrogen) atoms. The summed E-state index contributed by atoms with van der Waals surface area (Å²) in [7, 11) is 0. The van der Waals surface area contributed by atoms with Gasteiger partial charge in [0.1, 0.15) is 12.1 Å². The Balaban J connectivity index is 2.12. The molecule has 0 saturated heterocycles. The Labute approximate surface area is 170 Å². The van der Waals surface area contributed by atoms with Gasteiger partial charge in [-0.2, -0.15) is 0 Å². The Kier molecular flexibility index (Phi) is 7.46. The fourth-order valence-corrected chi connectivity index (χ4v) is 2.49. The molecule has 9 nitrogen and oxygen atoms in total. The Morgan fingerprint density at radius 1 is 1.10 bits per heavy atom. The van der Waals surface area contributed by atoms with Gasteiger partial charge >= 0.3 is 5.97 Å². The zero-order chi connectivity index (χ0) is 21.4. The van der Waals surface area contributed by atoms with Crippen molar-refractivity contribution in [2.75, 3.05) is 6.54 Å². The second-order valence-electron chi connectivity index (χ2n) is 7.55. The summed E-state index contributed by atoms with van der Waals surface area (Å²) in [5.41, 5.74) is 0.967. The Morgan fingerprint density at radius 2 is 1.72 bits per heavy atom. The molecule has 1 heterocycles. The molecule has 1 aromatic heterocycles. The summed E-state index contributed by atoms with van der Waals surface area (Å²) < 4.78 is 5.34. The fraction of sp³-hybridized carbons (Fsp3) is 0.450. The van der Waals surface area contributed by atoms with Crippen molar-refractivity contribution in [3.05, 3.63) is 35.7 Å². The summed E-state index contributed by atoms with van der Waals surface area (Å²) in [5.74, 6) is 0.225. The van der Waals surface area contributed by atoms with Gasteiger partial charge in [-0.05, 0) is 45.9 Å². The van der Waals surface area contributed by atoms with Crippen LogP contribution < -0.4 is 0 Å². The zero-order valence-electron chi connectivity index (χ0n) is 17.2. The minimum absolute atomic E-state index is 0.148. The SMILES string of the molecule is Cc1nnc(-c2ccc(CN(CC(=O)OC(C)(C)C)C(=O)CCC=N)cc2)nn1. The molecule has 0 radical (unpaired) electrons. The molecule has 9 heteroatoms. The predicted molar refractivity (Wildman–Crippen MR) is 107 cm³/mol. The maximum atomic E-state index is 12.5. The van der Waals surface area contributed by atoms with E-state index >= 15 is 0 Å². The van der Waals surface area contributed by atoms with Crippen LogP contribution in [0.2, 0.25) is 0 Å². The second kappa shape index (κ2) is 9.81. The molecular formula is C20H26N6O3. The first kappa shape index (κ1) is 22.1. The number of benzene rings is 1. The average molecular weight is 398 g/mol. The van der Waals surface area contributed by atoms with E-state index in [0.717, 1.165) is 11.1 Å². The summed E-state index contributed by atoms with van der Waals surface area (Å²) in [6.07, 6.45) is 1.67. The van der Waals surface area contributed by atoms with E-state index in [1.807, 2.05) is 24.3 Å². The van der Waals surface area contributed by atoms with Gasteiger partial charge in [0.25, 0.3) is 0 Å². The van der Waals surface area contributed by atoms with E-state index in [4.69, 9.17) is 10.1 Å². The summed E-state index contributed by atoms with van der Waals surface area (Å²) in [6.45, 7) is 7.15. The number of carbonyl (C=O) groups is 2. The molecule has 1 N–H and O–H groups in total. The monoisotopic (exact) mass is 398 g/mol. The third-order valence-electron chi connectivity index (χ3n) is 3.76. The molecule has 154 valence electrons. The van der Waals surface area contributed by atoms with Crippen LogP contribution in [0.1, 0.15) is 45.0 Å². The molecule has 0 saturated carbocycles. The van der Waals surface area contributed by atoms with Crippen LogP contribution in [0.5, 0.6) is 0 Å². The number of hydrogen-bond donors (Lipinski definition) is 1. The van der Waals surface area contributed by atoms with Crippen LogP contribution in [0.3, 0.4) is 0 Å². The van der Waals surface area contributed by atoms with Crippen LogP contribution in [0.15, 0.2) is 24.3 Å². The number of hydrogen-bond acceptors (Lipinski definition) is 8. The van der Waals surface area contributed by atoms with E-state index in [2.05, 4.69) is 20.4 Å². The number of carbonyl (C=O) groups excluding carboxylic acids is 2. The number of nitrogens with zero attached hydrogens (tertiary/aromatic N) is 5. The lowest BCUT2D eigenvalue weighted by atomic mass is 10.1. The summed E-state index contributed by atoms with van der Waals surface area (Å²) in [5, 5.41) is 22.9. The maximum absolute atomic E-state index is 12.5. The standard InChI is InChI=1S/C20H26N6O3/c1-14-22-24-19(25-23-14)16-9-7-15(8-10-16)12-26(17(27)6-5-11-21)13-18(28)29-20(2,3)4/h7-11,21H,5-6,12-13H2,1-4H3. The van der Waals surface area contributed by atoms with Crippen molar-refractivity contribution < 1.29 is 14.3 Å². The van der Waals surface area contributed by atoms with Gasteiger partial charge in [0.2, 0.25) is 11.7 Å². The quantitative estimate of drug-likeness (QED) is 0.535. The summed E-state index contributed by atoms with van der Waals surface area (Å²) in [6, 6.07) is 7.31. The van der Waals surface area contributed by atoms with Gasteiger partial charge in [-0.25, -0.2) is 0 Å². The van der Waals surface area contributed by atoms with Gasteiger partial charge in [-0.1, -0.05) is 24.3 Å². The smallest absolute Gasteiger partial charge is 0.326 e. The highest BCUT2D eigenvalue weighted by Gasteiger charge is 2.22. The molecule has 0 spiro atoms. The Bertz CT molecular complexity index is 844. The Hall–Kier alpha value is -3.23. The Morgan fingerprint density at radius 3 is 2.28 bits per heavy atom. The van der Waals surface area contributed by atoms with Crippen LogP contribution in [-0.2, 0) is 20.9 Å². The fourth-order valence-electron chi connectivity index (χ4n) is 2.49. The zero-order valence-corrected chi connectivity index (χ0v) is 17.2. The van der Waals surface area contributed by atoms with Crippen molar-refractivity contribution in [3.63, 3.8) is 0 Å². The van der Waals surface area contributed by atoms with Crippen LogP contribution in [0.4, 0.5) is 0 Å². The molecule has 0 unspecified atom stereocenters. The molecule has 1 aromatic carbocycles. The van der Waals surface area contributed by atoms with E-state index in [1.54, 1.807) is 27.7 Å². The third kappa shape index (κ3) is 7.36. The average Bonchev–Trinajstić information content (AvgIpc) is 2.65. The molecule has 0 aliphatic carbocycles. The van der Waals surface area contributed by atoms with E-state index in [9.17, 15) is 9.59 Å². The third-order valence-corrected chi connectivity index (χ3v) is 3.76. The molecule has 0 atom stereocenters.